The summed E-state index contributed by atoms with van der Waals surface area (Å²) in [5.41, 5.74) is 12.3. The molecule has 0 spiro atoms. The molecule has 0 N–H and O–H groups in total. The summed E-state index contributed by atoms with van der Waals surface area (Å²) in [4.78, 5) is 9.78. The van der Waals surface area contributed by atoms with Crippen LogP contribution < -0.4 is 9.47 Å². The van der Waals surface area contributed by atoms with E-state index in [1.165, 1.54) is 27.8 Å². The third-order valence-electron chi connectivity index (χ3n) is 10.8. The van der Waals surface area contributed by atoms with Crippen LogP contribution >= 0.6 is 0 Å². The fourth-order valence-corrected chi connectivity index (χ4v) is 8.50. The second-order valence-electron chi connectivity index (χ2n) is 13.7. The maximum absolute atomic E-state index is 6.95. The van der Waals surface area contributed by atoms with Gasteiger partial charge in [-0.1, -0.05) is 140 Å². The minimum absolute atomic E-state index is 0.533. The van der Waals surface area contributed by atoms with E-state index in [-0.39, 0.29) is 0 Å². The van der Waals surface area contributed by atoms with E-state index < -0.39 is 5.41 Å². The first-order chi connectivity index (χ1) is 26.3. The molecule has 0 unspecified atom stereocenters. The van der Waals surface area contributed by atoms with E-state index in [9.17, 15) is 0 Å². The van der Waals surface area contributed by atoms with Crippen LogP contribution in [0.25, 0.3) is 55.3 Å². The topological polar surface area (TPSA) is 44.2 Å². The van der Waals surface area contributed by atoms with E-state index in [0.717, 1.165) is 49.8 Å². The zero-order valence-electron chi connectivity index (χ0n) is 28.5. The highest BCUT2D eigenvalue weighted by Crippen LogP contribution is 2.60. The average Bonchev–Trinajstić information content (AvgIpc) is 3.52. The molecule has 53 heavy (non-hydrogen) atoms. The van der Waals surface area contributed by atoms with Gasteiger partial charge in [-0.2, -0.15) is 0 Å². The molecule has 2 aromatic heterocycles. The molecule has 0 saturated carbocycles. The molecule has 1 aliphatic carbocycles. The predicted octanol–water partition coefficient (Wildman–Crippen LogP) is 12.4. The molecule has 1 aliphatic heterocycles. The van der Waals surface area contributed by atoms with Gasteiger partial charge in [0, 0.05) is 28.1 Å². The minimum atomic E-state index is -0.533. The summed E-state index contributed by atoms with van der Waals surface area (Å²) < 4.78 is 13.7. The van der Waals surface area contributed by atoms with Crippen molar-refractivity contribution >= 4 is 21.8 Å². The third-order valence-corrected chi connectivity index (χ3v) is 10.8. The van der Waals surface area contributed by atoms with Crippen molar-refractivity contribution in [3.05, 3.63) is 204 Å². The number of fused-ring (bicyclic) bond motifs is 8. The number of benzene rings is 7. The Bertz CT molecular complexity index is 2860. The molecule has 11 rings (SSSR count). The Balaban J connectivity index is 1.04. The van der Waals surface area contributed by atoms with Gasteiger partial charge in [-0.15, -0.1) is 0 Å². The Morgan fingerprint density at radius 3 is 1.92 bits per heavy atom. The molecule has 7 aromatic carbocycles. The van der Waals surface area contributed by atoms with E-state index in [1.54, 1.807) is 0 Å². The molecule has 9 aromatic rings. The number of rotatable bonds is 4. The van der Waals surface area contributed by atoms with Crippen molar-refractivity contribution in [2.75, 3.05) is 0 Å². The van der Waals surface area contributed by atoms with Crippen LogP contribution in [-0.2, 0) is 5.41 Å². The summed E-state index contributed by atoms with van der Waals surface area (Å²) in [6.07, 6.45) is 1.83. The van der Waals surface area contributed by atoms with Gasteiger partial charge in [0.05, 0.1) is 22.1 Å². The Labute approximate surface area is 306 Å². The van der Waals surface area contributed by atoms with Gasteiger partial charge < -0.3 is 9.47 Å². The molecule has 0 amide bonds. The highest BCUT2D eigenvalue weighted by molar-refractivity contribution is 6.03. The molecule has 3 heterocycles. The highest BCUT2D eigenvalue weighted by atomic mass is 16.6. The van der Waals surface area contributed by atoms with Crippen LogP contribution in [0.1, 0.15) is 22.3 Å². The number of hydrogen-bond acceptors (Lipinski definition) is 4. The lowest BCUT2D eigenvalue weighted by Gasteiger charge is -2.34. The van der Waals surface area contributed by atoms with Crippen molar-refractivity contribution < 1.29 is 9.47 Å². The Kier molecular flexibility index (Phi) is 6.43. The normalized spacial score (nSPS) is 13.4. The maximum atomic E-state index is 6.95. The van der Waals surface area contributed by atoms with Crippen molar-refractivity contribution in [3.63, 3.8) is 0 Å². The molecule has 0 radical (unpaired) electrons. The standard InChI is InChI=1S/C49H30N2O2/c1-3-15-35(16-4-1)49(36-17-5-2-6-18-36)40-21-8-7-19-38(40)39-29-44-45(30-41(39)49)53-48-37(20-10-22-43(48)52-44)33-12-9-13-34(28-33)42-26-25-32-24-23-31-14-11-27-50-46(31)47(32)51-42/h1-30H. The number of hydrogen-bond donors (Lipinski definition) is 0. The second kappa shape index (κ2) is 11.5. The lowest BCUT2D eigenvalue weighted by molar-refractivity contribution is 0.360. The fourth-order valence-electron chi connectivity index (χ4n) is 8.50. The van der Waals surface area contributed by atoms with Crippen LogP contribution in [0.4, 0.5) is 0 Å². The van der Waals surface area contributed by atoms with Gasteiger partial charge in [0.1, 0.15) is 0 Å². The van der Waals surface area contributed by atoms with Crippen molar-refractivity contribution in [3.8, 4) is 56.5 Å². The lowest BCUT2D eigenvalue weighted by Crippen LogP contribution is -2.28. The van der Waals surface area contributed by atoms with Gasteiger partial charge in [-0.25, -0.2) is 4.98 Å². The van der Waals surface area contributed by atoms with E-state index in [0.29, 0.717) is 23.0 Å². The van der Waals surface area contributed by atoms with Crippen LogP contribution in [0.3, 0.4) is 0 Å². The molecular weight excluding hydrogens is 649 g/mol. The Morgan fingerprint density at radius 1 is 0.415 bits per heavy atom. The van der Waals surface area contributed by atoms with Crippen LogP contribution in [0, 0.1) is 0 Å². The van der Waals surface area contributed by atoms with Crippen molar-refractivity contribution in [1.82, 2.24) is 9.97 Å². The van der Waals surface area contributed by atoms with Crippen LogP contribution in [-0.4, -0.2) is 9.97 Å². The number of ether oxygens (including phenoxy) is 2. The zero-order chi connectivity index (χ0) is 34.9. The highest BCUT2D eigenvalue weighted by Gasteiger charge is 2.47. The molecule has 0 saturated heterocycles. The average molecular weight is 679 g/mol. The SMILES string of the molecule is c1ccc(C2(c3ccccc3)c3ccccc3-c3cc4c(cc32)Oc2c(cccc2-c2cccc(-c3ccc5ccc6cccnc6c5n3)c2)O4)cc1. The maximum Gasteiger partial charge on any atom is 0.177 e. The fraction of sp³-hybridized carbons (Fsp3) is 0.0204. The number of pyridine rings is 2. The van der Waals surface area contributed by atoms with Gasteiger partial charge >= 0.3 is 0 Å². The van der Waals surface area contributed by atoms with E-state index >= 15 is 0 Å². The molecule has 4 heteroatoms. The minimum Gasteiger partial charge on any atom is -0.449 e. The number of aromatic nitrogens is 2. The first-order valence-electron chi connectivity index (χ1n) is 17.9. The third kappa shape index (κ3) is 4.42. The largest absolute Gasteiger partial charge is 0.449 e. The molecule has 2 aliphatic rings. The predicted molar refractivity (Wildman–Crippen MR) is 212 cm³/mol. The monoisotopic (exact) mass is 678 g/mol. The van der Waals surface area contributed by atoms with Crippen molar-refractivity contribution in [1.29, 1.82) is 0 Å². The lowest BCUT2D eigenvalue weighted by atomic mass is 9.67. The summed E-state index contributed by atoms with van der Waals surface area (Å²) in [5, 5.41) is 2.14. The van der Waals surface area contributed by atoms with E-state index in [1.807, 2.05) is 24.4 Å². The number of nitrogens with zero attached hydrogens (tertiary/aromatic N) is 2. The molecule has 248 valence electrons. The van der Waals surface area contributed by atoms with Gasteiger partial charge in [0.15, 0.2) is 23.0 Å². The Morgan fingerprint density at radius 2 is 1.09 bits per heavy atom. The molecule has 0 atom stereocenters. The van der Waals surface area contributed by atoms with E-state index in [4.69, 9.17) is 14.5 Å². The zero-order valence-corrected chi connectivity index (χ0v) is 28.5. The van der Waals surface area contributed by atoms with Gasteiger partial charge in [-0.3, -0.25) is 4.98 Å². The molecule has 0 bridgehead atoms. The van der Waals surface area contributed by atoms with Gasteiger partial charge in [-0.05, 0) is 75.3 Å². The first-order valence-corrected chi connectivity index (χ1v) is 17.9. The van der Waals surface area contributed by atoms with Crippen molar-refractivity contribution in [2.24, 2.45) is 0 Å². The quantitative estimate of drug-likeness (QED) is 0.174. The first kappa shape index (κ1) is 29.7. The number of para-hydroxylation sites is 1. The van der Waals surface area contributed by atoms with Crippen LogP contribution in [0.2, 0.25) is 0 Å². The van der Waals surface area contributed by atoms with Crippen LogP contribution in [0.5, 0.6) is 23.0 Å². The summed E-state index contributed by atoms with van der Waals surface area (Å²) in [6, 6.07) is 61.7. The summed E-state index contributed by atoms with van der Waals surface area (Å²) in [7, 11) is 0. The second-order valence-corrected chi connectivity index (χ2v) is 13.7. The van der Waals surface area contributed by atoms with Crippen molar-refractivity contribution in [2.45, 2.75) is 5.41 Å². The molecule has 0 fully saturated rings. The Hall–Kier alpha value is -7.04. The van der Waals surface area contributed by atoms with Gasteiger partial charge in [0.25, 0.3) is 0 Å². The summed E-state index contributed by atoms with van der Waals surface area (Å²) in [6.45, 7) is 0. The molecule has 4 nitrogen and oxygen atoms in total. The smallest absolute Gasteiger partial charge is 0.177 e. The molecular formula is C49H30N2O2. The van der Waals surface area contributed by atoms with Gasteiger partial charge in [0.2, 0.25) is 0 Å². The van der Waals surface area contributed by atoms with Crippen LogP contribution in [0.15, 0.2) is 182 Å². The summed E-state index contributed by atoms with van der Waals surface area (Å²) >= 11 is 0. The van der Waals surface area contributed by atoms with E-state index in [2.05, 4.69) is 163 Å². The summed E-state index contributed by atoms with van der Waals surface area (Å²) in [5.74, 6) is 2.78.